The molecule has 1 fully saturated rings. The van der Waals surface area contributed by atoms with Gasteiger partial charge in [0, 0.05) is 0 Å². The van der Waals surface area contributed by atoms with E-state index in [1.54, 1.807) is 20.8 Å². The SMILES string of the molecule is C=CCO[C@@H]1O[C@H](CO)[C@H](O)[C@H](O)[C@H]1NC(=O)OC(C)(C)C. The summed E-state index contributed by atoms with van der Waals surface area (Å²) in [4.78, 5) is 11.8. The number of hydrogen-bond donors (Lipinski definition) is 4. The van der Waals surface area contributed by atoms with Gasteiger partial charge < -0.3 is 34.8 Å². The number of carbonyl (C=O) groups excluding carboxylic acids is 1. The fraction of sp³-hybridized carbons (Fsp3) is 0.786. The van der Waals surface area contributed by atoms with Gasteiger partial charge in [-0.05, 0) is 20.8 Å². The summed E-state index contributed by atoms with van der Waals surface area (Å²) < 4.78 is 15.8. The third-order valence-corrected chi connectivity index (χ3v) is 2.94. The molecule has 128 valence electrons. The number of ether oxygens (including phenoxy) is 3. The highest BCUT2D eigenvalue weighted by Crippen LogP contribution is 2.22. The topological polar surface area (TPSA) is 117 Å². The lowest BCUT2D eigenvalue weighted by atomic mass is 9.97. The van der Waals surface area contributed by atoms with Crippen LogP contribution in [-0.4, -0.2) is 70.9 Å². The highest BCUT2D eigenvalue weighted by Gasteiger charge is 2.46. The van der Waals surface area contributed by atoms with E-state index in [-0.39, 0.29) is 6.61 Å². The number of aliphatic hydroxyl groups excluding tert-OH is 3. The number of amides is 1. The minimum absolute atomic E-state index is 0.109. The molecule has 5 atom stereocenters. The van der Waals surface area contributed by atoms with Crippen molar-refractivity contribution in [1.29, 1.82) is 0 Å². The van der Waals surface area contributed by atoms with Gasteiger partial charge in [0.1, 0.15) is 30.0 Å². The van der Waals surface area contributed by atoms with Gasteiger partial charge in [0.15, 0.2) is 6.29 Å². The molecule has 1 amide bonds. The molecular formula is C14H25NO7. The maximum atomic E-state index is 11.8. The van der Waals surface area contributed by atoms with Crippen LogP contribution in [0.15, 0.2) is 12.7 Å². The third kappa shape index (κ3) is 5.22. The lowest BCUT2D eigenvalue weighted by Gasteiger charge is -2.42. The van der Waals surface area contributed by atoms with Gasteiger partial charge in [-0.2, -0.15) is 0 Å². The Labute approximate surface area is 129 Å². The number of rotatable bonds is 5. The van der Waals surface area contributed by atoms with Crippen molar-refractivity contribution in [3.05, 3.63) is 12.7 Å². The average Bonchev–Trinajstić information content (AvgIpc) is 2.41. The largest absolute Gasteiger partial charge is 0.444 e. The Morgan fingerprint density at radius 2 is 2.00 bits per heavy atom. The molecule has 0 aromatic heterocycles. The van der Waals surface area contributed by atoms with E-state index in [0.29, 0.717) is 0 Å². The van der Waals surface area contributed by atoms with Gasteiger partial charge in [-0.15, -0.1) is 6.58 Å². The fourth-order valence-electron chi connectivity index (χ4n) is 1.98. The Balaban J connectivity index is 2.80. The molecule has 1 heterocycles. The molecule has 0 aromatic carbocycles. The molecule has 22 heavy (non-hydrogen) atoms. The number of alkyl carbamates (subject to hydrolysis) is 1. The van der Waals surface area contributed by atoms with Gasteiger partial charge in [0.05, 0.1) is 13.2 Å². The van der Waals surface area contributed by atoms with E-state index in [2.05, 4.69) is 11.9 Å². The summed E-state index contributed by atoms with van der Waals surface area (Å²) in [5.41, 5.74) is -0.714. The normalized spacial score (nSPS) is 32.4. The zero-order chi connectivity index (χ0) is 16.9. The quantitative estimate of drug-likeness (QED) is 0.506. The molecule has 0 spiro atoms. The summed E-state index contributed by atoms with van der Waals surface area (Å²) in [6.45, 7) is 8.20. The molecule has 4 N–H and O–H groups in total. The first kappa shape index (κ1) is 18.9. The average molecular weight is 319 g/mol. The van der Waals surface area contributed by atoms with E-state index in [4.69, 9.17) is 19.3 Å². The molecule has 8 nitrogen and oxygen atoms in total. The van der Waals surface area contributed by atoms with Crippen LogP contribution in [0.5, 0.6) is 0 Å². The predicted molar refractivity (Wildman–Crippen MR) is 77.1 cm³/mol. The van der Waals surface area contributed by atoms with Gasteiger partial charge in [0.25, 0.3) is 0 Å². The van der Waals surface area contributed by atoms with Crippen LogP contribution in [0.3, 0.4) is 0 Å². The van der Waals surface area contributed by atoms with Crippen molar-refractivity contribution in [2.24, 2.45) is 0 Å². The van der Waals surface area contributed by atoms with Gasteiger partial charge >= 0.3 is 6.09 Å². The van der Waals surface area contributed by atoms with Crippen molar-refractivity contribution >= 4 is 6.09 Å². The standard InChI is InChI=1S/C14H25NO7/c1-5-6-20-12-9(15-13(19)22-14(2,3)4)11(18)10(17)8(7-16)21-12/h5,8-12,16-18H,1,6-7H2,2-4H3,(H,15,19)/t8-,9-,10+,11-,12-/m1/s1. The summed E-state index contributed by atoms with van der Waals surface area (Å²) >= 11 is 0. The molecule has 0 aromatic rings. The second-order valence-corrected chi connectivity index (χ2v) is 6.00. The van der Waals surface area contributed by atoms with Crippen molar-refractivity contribution in [1.82, 2.24) is 5.32 Å². The van der Waals surface area contributed by atoms with Gasteiger partial charge in [-0.3, -0.25) is 0 Å². The van der Waals surface area contributed by atoms with Crippen molar-refractivity contribution in [2.45, 2.75) is 57.0 Å². The summed E-state index contributed by atoms with van der Waals surface area (Å²) in [5, 5.41) is 31.6. The van der Waals surface area contributed by atoms with E-state index in [1.165, 1.54) is 6.08 Å². The maximum absolute atomic E-state index is 11.8. The van der Waals surface area contributed by atoms with Crippen LogP contribution in [0, 0.1) is 0 Å². The van der Waals surface area contributed by atoms with Crippen LogP contribution < -0.4 is 5.32 Å². The van der Waals surface area contributed by atoms with E-state index in [9.17, 15) is 15.0 Å². The van der Waals surface area contributed by atoms with Crippen molar-refractivity contribution in [2.75, 3.05) is 13.2 Å². The summed E-state index contributed by atoms with van der Waals surface area (Å²) in [6, 6.07) is -1.05. The second-order valence-electron chi connectivity index (χ2n) is 6.00. The zero-order valence-electron chi connectivity index (χ0n) is 13.1. The molecule has 1 aliphatic heterocycles. The second kappa shape index (κ2) is 7.89. The molecule has 0 bridgehead atoms. The van der Waals surface area contributed by atoms with Crippen LogP contribution in [0.4, 0.5) is 4.79 Å². The molecule has 8 heteroatoms. The molecule has 1 saturated heterocycles. The maximum Gasteiger partial charge on any atom is 0.408 e. The predicted octanol–water partition coefficient (Wildman–Crippen LogP) is -0.479. The van der Waals surface area contributed by atoms with Crippen molar-refractivity contribution < 1.29 is 34.3 Å². The minimum Gasteiger partial charge on any atom is -0.444 e. The van der Waals surface area contributed by atoms with Crippen LogP contribution in [0.1, 0.15) is 20.8 Å². The van der Waals surface area contributed by atoms with Gasteiger partial charge in [-0.25, -0.2) is 4.79 Å². The van der Waals surface area contributed by atoms with Crippen LogP contribution in [0.25, 0.3) is 0 Å². The van der Waals surface area contributed by atoms with E-state index < -0.39 is 48.9 Å². The van der Waals surface area contributed by atoms with Gasteiger partial charge in [0.2, 0.25) is 0 Å². The fourth-order valence-corrected chi connectivity index (χ4v) is 1.98. The molecule has 0 radical (unpaired) electrons. The zero-order valence-corrected chi connectivity index (χ0v) is 13.1. The third-order valence-electron chi connectivity index (χ3n) is 2.94. The van der Waals surface area contributed by atoms with Crippen LogP contribution >= 0.6 is 0 Å². The Bertz CT molecular complexity index is 382. The van der Waals surface area contributed by atoms with Crippen LogP contribution in [0.2, 0.25) is 0 Å². The lowest BCUT2D eigenvalue weighted by molar-refractivity contribution is -0.266. The summed E-state index contributed by atoms with van der Waals surface area (Å²) in [5.74, 6) is 0. The first-order chi connectivity index (χ1) is 10.2. The van der Waals surface area contributed by atoms with Crippen molar-refractivity contribution in [3.63, 3.8) is 0 Å². The smallest absolute Gasteiger partial charge is 0.408 e. The Morgan fingerprint density at radius 3 is 2.50 bits per heavy atom. The lowest BCUT2D eigenvalue weighted by Crippen LogP contribution is -2.65. The number of aliphatic hydroxyl groups is 3. The molecule has 0 unspecified atom stereocenters. The molecule has 0 saturated carbocycles. The monoisotopic (exact) mass is 319 g/mol. The molecular weight excluding hydrogens is 294 g/mol. The van der Waals surface area contributed by atoms with Crippen LogP contribution in [-0.2, 0) is 14.2 Å². The van der Waals surface area contributed by atoms with E-state index in [1.807, 2.05) is 0 Å². The number of hydrogen-bond acceptors (Lipinski definition) is 7. The van der Waals surface area contributed by atoms with Crippen molar-refractivity contribution in [3.8, 4) is 0 Å². The van der Waals surface area contributed by atoms with E-state index in [0.717, 1.165) is 0 Å². The number of nitrogens with one attached hydrogen (secondary N) is 1. The molecule has 1 rings (SSSR count). The molecule has 0 aliphatic carbocycles. The summed E-state index contributed by atoms with van der Waals surface area (Å²) in [6.07, 6.45) is -4.12. The van der Waals surface area contributed by atoms with Gasteiger partial charge in [-0.1, -0.05) is 6.08 Å². The Hall–Kier alpha value is -1.19. The first-order valence-electron chi connectivity index (χ1n) is 7.04. The van der Waals surface area contributed by atoms with E-state index >= 15 is 0 Å². The number of carbonyl (C=O) groups is 1. The highest BCUT2D eigenvalue weighted by molar-refractivity contribution is 5.68. The Morgan fingerprint density at radius 1 is 1.36 bits per heavy atom. The minimum atomic E-state index is -1.38. The highest BCUT2D eigenvalue weighted by atomic mass is 16.7. The summed E-state index contributed by atoms with van der Waals surface area (Å²) in [7, 11) is 0. The molecule has 1 aliphatic rings. The first-order valence-corrected chi connectivity index (χ1v) is 7.04. The Kier molecular flexibility index (Phi) is 6.76.